The number of methoxy groups -OCH3 is 4. The number of sulfonamides is 2. The van der Waals surface area contributed by atoms with Crippen molar-refractivity contribution < 1.29 is 40.9 Å². The molecule has 338 valence electrons. The molecule has 1 unspecified atom stereocenters. The van der Waals surface area contributed by atoms with Crippen LogP contribution in [-0.2, 0) is 46.2 Å². The third kappa shape index (κ3) is 12.5. The first-order chi connectivity index (χ1) is 30.0. The summed E-state index contributed by atoms with van der Waals surface area (Å²) in [5.41, 5.74) is 3.80. The molecule has 0 bridgehead atoms. The quantitative estimate of drug-likeness (QED) is 0.0843. The summed E-state index contributed by atoms with van der Waals surface area (Å²) in [6, 6.07) is 32.2. The highest BCUT2D eigenvalue weighted by atomic mass is 32.2. The summed E-state index contributed by atoms with van der Waals surface area (Å²) in [6.45, 7) is 10.0. The minimum atomic E-state index is -3.97. The number of nitrogens with zero attached hydrogens (tertiary/aromatic N) is 6. The SMILES string of the molecule is COc1ccc(CN(Cc2ccc(OC)cc2)S(=O)(=O)c2cc(C(C)O)n(C(C)C)n2)cc1.COc1ccc(CN(Cc2ccc(OC)cc2)S(=O)(=O)c2ccn(C(C)C)n2)cc1. The lowest BCUT2D eigenvalue weighted by Gasteiger charge is -2.22. The van der Waals surface area contributed by atoms with Crippen LogP contribution in [0.3, 0.4) is 0 Å². The minimum Gasteiger partial charge on any atom is -0.497 e. The average Bonchev–Trinajstić information content (AvgIpc) is 3.98. The molecule has 0 amide bonds. The molecular weight excluding hydrogens is 845 g/mol. The molecule has 15 nitrogen and oxygen atoms in total. The van der Waals surface area contributed by atoms with Gasteiger partial charge in [0, 0.05) is 50.5 Å². The van der Waals surface area contributed by atoms with Crippen molar-refractivity contribution in [2.24, 2.45) is 0 Å². The van der Waals surface area contributed by atoms with E-state index in [1.165, 1.54) is 14.7 Å². The van der Waals surface area contributed by atoms with E-state index in [9.17, 15) is 21.9 Å². The second kappa shape index (κ2) is 21.6. The largest absolute Gasteiger partial charge is 0.497 e. The number of ether oxygens (including phenoxy) is 4. The van der Waals surface area contributed by atoms with Crippen molar-refractivity contribution >= 4 is 20.0 Å². The van der Waals surface area contributed by atoms with Crippen LogP contribution in [0.4, 0.5) is 0 Å². The second-order valence-electron chi connectivity index (χ2n) is 15.3. The second-order valence-corrected chi connectivity index (χ2v) is 19.1. The van der Waals surface area contributed by atoms with Crippen molar-refractivity contribution in [2.75, 3.05) is 28.4 Å². The van der Waals surface area contributed by atoms with E-state index >= 15 is 0 Å². The molecule has 1 N–H and O–H groups in total. The van der Waals surface area contributed by atoms with E-state index in [2.05, 4.69) is 10.2 Å². The number of hydrogen-bond acceptors (Lipinski definition) is 11. The van der Waals surface area contributed by atoms with E-state index in [0.29, 0.717) is 17.2 Å². The number of aliphatic hydroxyl groups excluding tert-OH is 1. The molecule has 0 saturated carbocycles. The Morgan fingerprint density at radius 2 is 0.841 bits per heavy atom. The third-order valence-electron chi connectivity index (χ3n) is 10.1. The van der Waals surface area contributed by atoms with Crippen LogP contribution in [0.25, 0.3) is 0 Å². The van der Waals surface area contributed by atoms with E-state index in [1.807, 2.05) is 100 Å². The molecule has 0 spiro atoms. The van der Waals surface area contributed by atoms with Crippen LogP contribution in [0, 0.1) is 0 Å². The molecule has 0 radical (unpaired) electrons. The van der Waals surface area contributed by atoms with Gasteiger partial charge in [-0.05, 0) is 111 Å². The van der Waals surface area contributed by atoms with E-state index in [4.69, 9.17) is 18.9 Å². The molecule has 0 fully saturated rings. The first kappa shape index (κ1) is 48.3. The topological polar surface area (TPSA) is 168 Å². The zero-order chi connectivity index (χ0) is 45.9. The van der Waals surface area contributed by atoms with Gasteiger partial charge in [0.2, 0.25) is 0 Å². The third-order valence-corrected chi connectivity index (χ3v) is 13.4. The predicted octanol–water partition coefficient (Wildman–Crippen LogP) is 7.80. The predicted molar refractivity (Wildman–Crippen MR) is 241 cm³/mol. The van der Waals surface area contributed by atoms with E-state index < -0.39 is 26.2 Å². The van der Waals surface area contributed by atoms with Crippen LogP contribution >= 0.6 is 0 Å². The highest BCUT2D eigenvalue weighted by Gasteiger charge is 2.31. The highest BCUT2D eigenvalue weighted by molar-refractivity contribution is 7.89. The van der Waals surface area contributed by atoms with E-state index in [1.54, 1.807) is 81.3 Å². The van der Waals surface area contributed by atoms with Crippen molar-refractivity contribution in [3.63, 3.8) is 0 Å². The summed E-state index contributed by atoms with van der Waals surface area (Å²) >= 11 is 0. The molecule has 0 aliphatic rings. The summed E-state index contributed by atoms with van der Waals surface area (Å²) in [4.78, 5) is 0. The van der Waals surface area contributed by atoms with Crippen molar-refractivity contribution in [1.82, 2.24) is 28.2 Å². The summed E-state index contributed by atoms with van der Waals surface area (Å²) < 4.78 is 81.1. The highest BCUT2D eigenvalue weighted by Crippen LogP contribution is 2.27. The maximum Gasteiger partial charge on any atom is 0.263 e. The number of rotatable bonds is 19. The van der Waals surface area contributed by atoms with Crippen molar-refractivity contribution in [1.29, 1.82) is 0 Å². The van der Waals surface area contributed by atoms with Gasteiger partial charge in [-0.15, -0.1) is 0 Å². The van der Waals surface area contributed by atoms with Gasteiger partial charge in [0.05, 0.1) is 40.2 Å². The van der Waals surface area contributed by atoms with E-state index in [0.717, 1.165) is 33.8 Å². The first-order valence-corrected chi connectivity index (χ1v) is 23.2. The molecule has 63 heavy (non-hydrogen) atoms. The summed E-state index contributed by atoms with van der Waals surface area (Å²) in [6.07, 6.45) is 0.844. The Balaban J connectivity index is 0.000000239. The fourth-order valence-electron chi connectivity index (χ4n) is 6.44. The van der Waals surface area contributed by atoms with Gasteiger partial charge in [-0.1, -0.05) is 48.5 Å². The smallest absolute Gasteiger partial charge is 0.263 e. The molecule has 6 aromatic rings. The zero-order valence-corrected chi connectivity index (χ0v) is 38.9. The van der Waals surface area contributed by atoms with Crippen LogP contribution in [0.2, 0.25) is 0 Å². The van der Waals surface area contributed by atoms with Crippen molar-refractivity contribution in [3.8, 4) is 23.0 Å². The Kier molecular flexibility index (Phi) is 16.5. The van der Waals surface area contributed by atoms with E-state index in [-0.39, 0.29) is 48.3 Å². The monoisotopic (exact) mass is 902 g/mol. The molecule has 0 aliphatic carbocycles. The van der Waals surface area contributed by atoms with Gasteiger partial charge in [0.15, 0.2) is 10.1 Å². The number of aliphatic hydroxyl groups is 1. The standard InChI is InChI=1S/C24H31N3O5S.C22H27N3O4S/c1-17(2)27-23(18(3)28)14-24(25-27)33(29,30)26(15-19-6-10-21(31-4)11-7-19)16-20-8-12-22(32-5)13-9-20;1-17(2)25-14-13-22(23-25)30(26,27)24(15-18-5-9-20(28-3)10-6-18)16-19-7-11-21(29-4)12-8-19/h6-14,17-18,28H,15-16H2,1-5H3;5-14,17H,15-16H2,1-4H3. The lowest BCUT2D eigenvalue weighted by Crippen LogP contribution is -2.30. The molecule has 2 aromatic heterocycles. The summed E-state index contributed by atoms with van der Waals surface area (Å²) in [5.74, 6) is 2.83. The maximum absolute atomic E-state index is 13.7. The molecule has 6 rings (SSSR count). The lowest BCUT2D eigenvalue weighted by molar-refractivity contribution is 0.184. The number of aromatic nitrogens is 4. The zero-order valence-electron chi connectivity index (χ0n) is 37.2. The van der Waals surface area contributed by atoms with Crippen LogP contribution in [-0.4, -0.2) is 78.6 Å². The fourth-order valence-corrected chi connectivity index (χ4v) is 9.13. The summed E-state index contributed by atoms with van der Waals surface area (Å²) in [5, 5.41) is 18.7. The molecule has 0 saturated heterocycles. The maximum atomic E-state index is 13.7. The minimum absolute atomic E-state index is 0.0400. The van der Waals surface area contributed by atoms with Gasteiger partial charge in [0.1, 0.15) is 23.0 Å². The summed E-state index contributed by atoms with van der Waals surface area (Å²) in [7, 11) is -1.41. The van der Waals surface area contributed by atoms with Gasteiger partial charge < -0.3 is 24.1 Å². The van der Waals surface area contributed by atoms with Crippen molar-refractivity contribution in [3.05, 3.63) is 143 Å². The van der Waals surface area contributed by atoms with Gasteiger partial charge in [-0.3, -0.25) is 9.36 Å². The van der Waals surface area contributed by atoms with Gasteiger partial charge >= 0.3 is 0 Å². The molecule has 1 atom stereocenters. The van der Waals surface area contributed by atoms with Gasteiger partial charge in [-0.2, -0.15) is 18.8 Å². The Labute approximate surface area is 371 Å². The molecular formula is C46H58N6O9S2. The molecule has 17 heteroatoms. The Morgan fingerprint density at radius 1 is 0.508 bits per heavy atom. The van der Waals surface area contributed by atoms with Gasteiger partial charge in [0.25, 0.3) is 20.0 Å². The Hall–Kier alpha value is -5.72. The molecule has 2 heterocycles. The Bertz CT molecular complexity index is 2450. The lowest BCUT2D eigenvalue weighted by atomic mass is 10.2. The first-order valence-electron chi connectivity index (χ1n) is 20.3. The normalized spacial score (nSPS) is 12.3. The number of hydrogen-bond donors (Lipinski definition) is 1. The van der Waals surface area contributed by atoms with Crippen LogP contribution in [0.1, 0.15) is 80.8 Å². The van der Waals surface area contributed by atoms with Crippen LogP contribution < -0.4 is 18.9 Å². The molecule has 4 aromatic carbocycles. The molecule has 0 aliphatic heterocycles. The van der Waals surface area contributed by atoms with Crippen LogP contribution in [0.15, 0.2) is 125 Å². The Morgan fingerprint density at radius 3 is 1.10 bits per heavy atom. The fraction of sp³-hybridized carbons (Fsp3) is 0.348. The number of benzene rings is 4. The van der Waals surface area contributed by atoms with Gasteiger partial charge in [-0.25, -0.2) is 16.8 Å². The van der Waals surface area contributed by atoms with Crippen LogP contribution in [0.5, 0.6) is 23.0 Å². The average molecular weight is 903 g/mol. The van der Waals surface area contributed by atoms with Crippen molar-refractivity contribution in [2.45, 2.75) is 89.0 Å².